The van der Waals surface area contributed by atoms with E-state index >= 15 is 0 Å². The molecule has 0 bridgehead atoms. The van der Waals surface area contributed by atoms with Crippen molar-refractivity contribution in [1.29, 1.82) is 0 Å². The highest BCUT2D eigenvalue weighted by Gasteiger charge is 2.07. The summed E-state index contributed by atoms with van der Waals surface area (Å²) >= 11 is 0. The molecule has 1 aromatic carbocycles. The quantitative estimate of drug-likeness (QED) is 0.698. The van der Waals surface area contributed by atoms with Crippen LogP contribution in [0.25, 0.3) is 0 Å². The maximum atomic E-state index is 4.10. The Bertz CT molecular complexity index is 342. The zero-order valence-electron chi connectivity index (χ0n) is 7.91. The first-order valence-electron chi connectivity index (χ1n) is 4.52. The highest BCUT2D eigenvalue weighted by molar-refractivity contribution is 5.67. The van der Waals surface area contributed by atoms with E-state index < -0.39 is 0 Å². The average molecular weight is 175 g/mol. The minimum absolute atomic E-state index is 0.544. The first-order valence-corrected chi connectivity index (χ1v) is 4.52. The van der Waals surface area contributed by atoms with Crippen molar-refractivity contribution in [1.82, 2.24) is 0 Å². The predicted molar refractivity (Wildman–Crippen MR) is 53.5 cm³/mol. The number of fused-ring (bicyclic) bond motifs is 1. The van der Waals surface area contributed by atoms with Gasteiger partial charge >= 0.3 is 0 Å². The van der Waals surface area contributed by atoms with Crippen molar-refractivity contribution in [2.45, 2.75) is 19.8 Å². The van der Waals surface area contributed by atoms with Gasteiger partial charge in [0.05, 0.1) is 5.69 Å². The van der Waals surface area contributed by atoms with Gasteiger partial charge in [0.25, 0.3) is 0 Å². The molecule has 0 spiro atoms. The Labute approximate surface area is 77.9 Å². The molecule has 0 fully saturated rings. The molecule has 0 saturated heterocycles. The van der Waals surface area contributed by atoms with Crippen LogP contribution in [0.4, 0.5) is 11.4 Å². The zero-order valence-corrected chi connectivity index (χ0v) is 7.91. The molecule has 1 N–H and O–H groups in total. The normalized spacial score (nSPS) is 14.1. The lowest BCUT2D eigenvalue weighted by Crippen LogP contribution is -2.02. The molecule has 0 unspecified atom stereocenters. The predicted octanol–water partition coefficient (Wildman–Crippen LogP) is 3.28. The van der Waals surface area contributed by atoms with Crippen molar-refractivity contribution in [3.63, 3.8) is 0 Å². The summed E-state index contributed by atoms with van der Waals surface area (Å²) in [7, 11) is 0. The van der Waals surface area contributed by atoms with Crippen LogP contribution in [0.2, 0.25) is 0 Å². The first kappa shape index (κ1) is 8.23. The molecule has 0 saturated carbocycles. The van der Waals surface area contributed by atoms with Crippen molar-refractivity contribution >= 4 is 11.4 Å². The van der Waals surface area contributed by atoms with Gasteiger partial charge in [0.2, 0.25) is 0 Å². The van der Waals surface area contributed by atoms with E-state index in [2.05, 4.69) is 47.6 Å². The Morgan fingerprint density at radius 1 is 1.38 bits per heavy atom. The number of hydrogen-bond acceptors (Lipinski definition) is 3. The van der Waals surface area contributed by atoms with Crippen molar-refractivity contribution in [3.05, 3.63) is 23.8 Å². The molecule has 68 valence electrons. The molecule has 1 aromatic rings. The van der Waals surface area contributed by atoms with E-state index in [0.29, 0.717) is 12.6 Å². The number of hydrogen-bond donors (Lipinski definition) is 1. The van der Waals surface area contributed by atoms with Crippen LogP contribution < -0.4 is 5.32 Å². The van der Waals surface area contributed by atoms with Gasteiger partial charge in [-0.05, 0) is 23.6 Å². The minimum atomic E-state index is 0.544. The van der Waals surface area contributed by atoms with Gasteiger partial charge in [-0.2, -0.15) is 10.2 Å². The van der Waals surface area contributed by atoms with Crippen LogP contribution in [-0.4, -0.2) is 6.67 Å². The number of azo groups is 1. The largest absolute Gasteiger partial charge is 0.363 e. The van der Waals surface area contributed by atoms with E-state index in [4.69, 9.17) is 0 Å². The van der Waals surface area contributed by atoms with Crippen LogP contribution in [0.5, 0.6) is 0 Å². The summed E-state index contributed by atoms with van der Waals surface area (Å²) in [6.45, 7) is 4.94. The third kappa shape index (κ3) is 1.54. The van der Waals surface area contributed by atoms with E-state index in [1.165, 1.54) is 5.56 Å². The first-order chi connectivity index (χ1) is 6.27. The molecule has 0 amide bonds. The Kier molecular flexibility index (Phi) is 2.00. The average Bonchev–Trinajstić information content (AvgIpc) is 2.17. The molecular weight excluding hydrogens is 162 g/mol. The third-order valence-electron chi connectivity index (χ3n) is 2.21. The van der Waals surface area contributed by atoms with Gasteiger partial charge in [-0.1, -0.05) is 19.9 Å². The summed E-state index contributed by atoms with van der Waals surface area (Å²) in [6, 6.07) is 6.30. The van der Waals surface area contributed by atoms with Crippen molar-refractivity contribution in [2.24, 2.45) is 10.2 Å². The van der Waals surface area contributed by atoms with Gasteiger partial charge < -0.3 is 5.32 Å². The molecule has 3 nitrogen and oxygen atoms in total. The Balaban J connectivity index is 2.43. The van der Waals surface area contributed by atoms with E-state index in [0.717, 1.165) is 11.4 Å². The molecule has 0 aromatic heterocycles. The molecule has 2 rings (SSSR count). The van der Waals surface area contributed by atoms with Crippen LogP contribution in [0, 0.1) is 0 Å². The fourth-order valence-electron chi connectivity index (χ4n) is 1.37. The number of nitrogens with one attached hydrogen (secondary N) is 1. The van der Waals surface area contributed by atoms with E-state index in [1.807, 2.05) is 0 Å². The zero-order chi connectivity index (χ0) is 9.26. The van der Waals surface area contributed by atoms with Gasteiger partial charge in [-0.15, -0.1) is 0 Å². The Morgan fingerprint density at radius 3 is 3.00 bits per heavy atom. The second-order valence-corrected chi connectivity index (χ2v) is 3.51. The number of nitrogens with zero attached hydrogens (tertiary/aromatic N) is 2. The lowest BCUT2D eigenvalue weighted by atomic mass is 10.0. The van der Waals surface area contributed by atoms with Crippen LogP contribution in [0.15, 0.2) is 28.4 Å². The monoisotopic (exact) mass is 175 g/mol. The Morgan fingerprint density at radius 2 is 2.23 bits per heavy atom. The molecule has 3 heteroatoms. The highest BCUT2D eigenvalue weighted by atomic mass is 15.2. The molecule has 13 heavy (non-hydrogen) atoms. The van der Waals surface area contributed by atoms with Gasteiger partial charge in [0, 0.05) is 0 Å². The summed E-state index contributed by atoms with van der Waals surface area (Å²) in [6.07, 6.45) is 0. The molecule has 1 heterocycles. The molecule has 0 radical (unpaired) electrons. The second-order valence-electron chi connectivity index (χ2n) is 3.51. The van der Waals surface area contributed by atoms with Gasteiger partial charge in [0.15, 0.2) is 0 Å². The lowest BCUT2D eigenvalue weighted by molar-refractivity contribution is 0.863. The summed E-state index contributed by atoms with van der Waals surface area (Å²) in [5, 5.41) is 11.2. The molecule has 0 aliphatic carbocycles. The number of benzene rings is 1. The lowest BCUT2D eigenvalue weighted by Gasteiger charge is -2.13. The van der Waals surface area contributed by atoms with Gasteiger partial charge in [-0.25, -0.2) is 0 Å². The Hall–Kier alpha value is -1.38. The van der Waals surface area contributed by atoms with E-state index in [-0.39, 0.29) is 0 Å². The number of anilines is 1. The van der Waals surface area contributed by atoms with E-state index in [9.17, 15) is 0 Å². The van der Waals surface area contributed by atoms with Crippen molar-refractivity contribution in [3.8, 4) is 0 Å². The summed E-state index contributed by atoms with van der Waals surface area (Å²) in [5.74, 6) is 0.544. The molecular formula is C10H13N3. The minimum Gasteiger partial charge on any atom is -0.363 e. The maximum absolute atomic E-state index is 4.10. The molecule has 1 aliphatic rings. The fourth-order valence-corrected chi connectivity index (χ4v) is 1.37. The van der Waals surface area contributed by atoms with Gasteiger partial charge in [0.1, 0.15) is 12.4 Å². The maximum Gasteiger partial charge on any atom is 0.129 e. The van der Waals surface area contributed by atoms with Crippen molar-refractivity contribution in [2.75, 3.05) is 12.0 Å². The summed E-state index contributed by atoms with van der Waals surface area (Å²) < 4.78 is 0. The van der Waals surface area contributed by atoms with Gasteiger partial charge in [-0.3, -0.25) is 0 Å². The van der Waals surface area contributed by atoms with E-state index in [1.54, 1.807) is 0 Å². The molecule has 0 atom stereocenters. The second kappa shape index (κ2) is 3.17. The van der Waals surface area contributed by atoms with Crippen molar-refractivity contribution < 1.29 is 0 Å². The number of rotatable bonds is 1. The summed E-state index contributed by atoms with van der Waals surface area (Å²) in [5.41, 5.74) is 3.35. The SMILES string of the molecule is CC(C)c1ccc2c(c1)N=NCN2. The van der Waals surface area contributed by atoms with Crippen LogP contribution >= 0.6 is 0 Å². The third-order valence-corrected chi connectivity index (χ3v) is 2.21. The van der Waals surface area contributed by atoms with Crippen LogP contribution in [0.1, 0.15) is 25.3 Å². The fraction of sp³-hybridized carbons (Fsp3) is 0.400. The smallest absolute Gasteiger partial charge is 0.129 e. The van der Waals surface area contributed by atoms with Crippen LogP contribution in [0.3, 0.4) is 0 Å². The summed E-state index contributed by atoms with van der Waals surface area (Å²) in [4.78, 5) is 0. The highest BCUT2D eigenvalue weighted by Crippen LogP contribution is 2.31. The standard InChI is InChI=1S/C10H13N3/c1-7(2)8-3-4-9-10(5-8)13-12-6-11-9/h3-5,7,11H,6H2,1-2H3. The van der Waals surface area contributed by atoms with Crippen LogP contribution in [-0.2, 0) is 0 Å². The topological polar surface area (TPSA) is 36.8 Å². The molecule has 1 aliphatic heterocycles.